The van der Waals surface area contributed by atoms with Gasteiger partial charge in [0.05, 0.1) is 1.37 Å². The van der Waals surface area contributed by atoms with Crippen LogP contribution >= 0.6 is 0 Å². The molecular weight excluding hydrogens is 196 g/mol. The molecule has 0 fully saturated rings. The van der Waals surface area contributed by atoms with Crippen LogP contribution in [-0.4, -0.2) is 8.07 Å². The lowest BCUT2D eigenvalue weighted by molar-refractivity contribution is 0.815. The van der Waals surface area contributed by atoms with Gasteiger partial charge in [-0.25, -0.2) is 0 Å². The lowest BCUT2D eigenvalue weighted by Crippen LogP contribution is -2.39. The molecule has 1 heteroatoms. The van der Waals surface area contributed by atoms with Gasteiger partial charge in [0.15, 0.2) is 0 Å². The molecule has 0 saturated carbocycles. The molecule has 82 valence electrons. The minimum absolute atomic E-state index is 0.822. The van der Waals surface area contributed by atoms with Crippen molar-refractivity contribution in [2.24, 2.45) is 0 Å². The van der Waals surface area contributed by atoms with E-state index >= 15 is 0 Å². The molecule has 0 aromatic heterocycles. The fraction of sp³-hybridized carbons (Fsp3) is 0.429. The first-order chi connectivity index (χ1) is 7.56. The van der Waals surface area contributed by atoms with E-state index in [-0.39, 0.29) is 0 Å². The molecule has 0 N–H and O–H groups in total. The van der Waals surface area contributed by atoms with Crippen molar-refractivity contribution in [3.8, 4) is 0 Å². The quantitative estimate of drug-likeness (QED) is 0.659. The molecule has 0 bridgehead atoms. The first-order valence-electron chi connectivity index (χ1n) is 6.30. The summed E-state index contributed by atoms with van der Waals surface area (Å²) in [6.07, 6.45) is 3.23. The molecule has 0 atom stereocenters. The van der Waals surface area contributed by atoms with Crippen LogP contribution in [0.2, 0.25) is 13.1 Å². The van der Waals surface area contributed by atoms with Gasteiger partial charge in [0.25, 0.3) is 0 Å². The van der Waals surface area contributed by atoms with E-state index in [2.05, 4.69) is 56.0 Å². The summed E-state index contributed by atoms with van der Waals surface area (Å²) in [4.78, 5) is 0. The van der Waals surface area contributed by atoms with Gasteiger partial charge >= 0.3 is 0 Å². The Kier molecular flexibility index (Phi) is 4.21. The monoisotopic (exact) mass is 219 g/mol. The lowest BCUT2D eigenvalue weighted by atomic mass is 10.2. The molecule has 0 heterocycles. The summed E-state index contributed by atoms with van der Waals surface area (Å²) in [5.74, 6) is 0. The number of rotatable bonds is 5. The van der Waals surface area contributed by atoms with Gasteiger partial charge in [0.1, 0.15) is 8.07 Å². The summed E-state index contributed by atoms with van der Waals surface area (Å²) in [5.41, 5.74) is 2.22. The Balaban J connectivity index is 2.78. The summed E-state index contributed by atoms with van der Waals surface area (Å²) in [7, 11) is -1.54. The van der Waals surface area contributed by atoms with E-state index in [1.165, 1.54) is 11.6 Å². The average molecular weight is 219 g/mol. The second kappa shape index (κ2) is 5.91. The largest absolute Gasteiger partial charge is 0.103 e. The number of benzene rings is 1. The molecule has 0 spiro atoms. The zero-order chi connectivity index (χ0) is 12.0. The number of allylic oxidation sites excluding steroid dienone is 1. The highest BCUT2D eigenvalue weighted by molar-refractivity contribution is 6.93. The summed E-state index contributed by atoms with van der Waals surface area (Å²) in [6.45, 7) is 6.79. The maximum absolute atomic E-state index is 7.98. The molecule has 0 saturated heterocycles. The second-order valence-electron chi connectivity index (χ2n) is 4.54. The third-order valence-corrected chi connectivity index (χ3v) is 5.40. The zero-order valence-electron chi connectivity index (χ0n) is 11.1. The molecule has 0 nitrogen and oxygen atoms in total. The van der Waals surface area contributed by atoms with E-state index in [9.17, 15) is 0 Å². The highest BCUT2D eigenvalue weighted by Crippen LogP contribution is 2.06. The van der Waals surface area contributed by atoms with E-state index in [0.29, 0.717) is 0 Å². The van der Waals surface area contributed by atoms with Crippen molar-refractivity contribution in [1.29, 1.82) is 0 Å². The van der Waals surface area contributed by atoms with Crippen LogP contribution in [0.5, 0.6) is 0 Å². The van der Waals surface area contributed by atoms with Crippen molar-refractivity contribution >= 4 is 13.3 Å². The Labute approximate surface area is 96.4 Å². The smallest absolute Gasteiger partial charge is 0.0943 e. The third-order valence-electron chi connectivity index (χ3n) is 2.66. The zero-order valence-corrected chi connectivity index (χ0v) is 11.1. The van der Waals surface area contributed by atoms with Gasteiger partial charge in [-0.15, -0.1) is 0 Å². The minimum Gasteiger partial charge on any atom is -0.0943 e. The second-order valence-corrected chi connectivity index (χ2v) is 8.85. The lowest BCUT2D eigenvalue weighted by Gasteiger charge is -2.18. The fourth-order valence-electron chi connectivity index (χ4n) is 1.56. The van der Waals surface area contributed by atoms with Crippen LogP contribution in [0.1, 0.15) is 27.6 Å². The molecule has 1 rings (SSSR count). The summed E-state index contributed by atoms with van der Waals surface area (Å²) < 4.78 is 7.98. The predicted octanol–water partition coefficient (Wildman–Crippen LogP) is 3.89. The van der Waals surface area contributed by atoms with Crippen LogP contribution in [-0.2, 0) is 0 Å². The van der Waals surface area contributed by atoms with Crippen molar-refractivity contribution in [3.05, 3.63) is 42.1 Å². The first-order valence-corrected chi connectivity index (χ1v) is 8.88. The van der Waals surface area contributed by atoms with E-state index in [1.54, 1.807) is 0 Å². The van der Waals surface area contributed by atoms with E-state index in [1.807, 2.05) is 0 Å². The van der Waals surface area contributed by atoms with Crippen LogP contribution in [0.4, 0.5) is 0 Å². The molecule has 0 aliphatic rings. The fourth-order valence-corrected chi connectivity index (χ4v) is 3.43. The van der Waals surface area contributed by atoms with Crippen molar-refractivity contribution < 1.29 is 1.37 Å². The molecule has 0 amide bonds. The molecule has 1 aromatic rings. The Morgan fingerprint density at radius 1 is 1.27 bits per heavy atom. The summed E-state index contributed by atoms with van der Waals surface area (Å²) in [5, 5.41) is 1.41. The van der Waals surface area contributed by atoms with Gasteiger partial charge in [-0.05, 0) is 6.42 Å². The Bertz CT molecular complexity index is 341. The topological polar surface area (TPSA) is 0 Å². The Hall–Kier alpha value is -0.823. The molecular formula is C14H22Si. The highest BCUT2D eigenvalue weighted by atomic mass is 28.3. The first kappa shape index (κ1) is 10.7. The number of hydrogen-bond acceptors (Lipinski definition) is 0. The minimum atomic E-state index is -1.54. The molecule has 15 heavy (non-hydrogen) atoms. The van der Waals surface area contributed by atoms with Gasteiger partial charge < -0.3 is 0 Å². The molecule has 0 aliphatic carbocycles. The van der Waals surface area contributed by atoms with Gasteiger partial charge in [-0.3, -0.25) is 0 Å². The van der Waals surface area contributed by atoms with E-state index in [0.717, 1.165) is 18.9 Å². The van der Waals surface area contributed by atoms with Gasteiger partial charge in [-0.2, -0.15) is 0 Å². The van der Waals surface area contributed by atoms with Crippen LogP contribution in [0.25, 0.3) is 0 Å². The van der Waals surface area contributed by atoms with Crippen LogP contribution in [0.15, 0.2) is 42.1 Å². The maximum atomic E-state index is 7.98. The molecule has 1 aromatic carbocycles. The summed E-state index contributed by atoms with van der Waals surface area (Å²) >= 11 is 0. The Morgan fingerprint density at radius 3 is 2.53 bits per heavy atom. The van der Waals surface area contributed by atoms with E-state index in [4.69, 9.17) is 1.37 Å². The van der Waals surface area contributed by atoms with Crippen molar-refractivity contribution in [3.63, 3.8) is 0 Å². The van der Waals surface area contributed by atoms with Crippen molar-refractivity contribution in [2.75, 3.05) is 0 Å². The SMILES string of the molecule is [2H]/C(=C\[Si](C)(C)c1ccccc1)CCCC. The number of unbranched alkanes of at least 4 members (excludes halogenated alkanes) is 1. The van der Waals surface area contributed by atoms with Crippen molar-refractivity contribution in [2.45, 2.75) is 39.3 Å². The molecule has 0 radical (unpaired) electrons. The average Bonchev–Trinajstić information content (AvgIpc) is 2.27. The normalized spacial score (nSPS) is 13.8. The molecule has 0 aliphatic heterocycles. The van der Waals surface area contributed by atoms with E-state index < -0.39 is 8.07 Å². The van der Waals surface area contributed by atoms with Crippen LogP contribution in [0, 0.1) is 0 Å². The summed E-state index contributed by atoms with van der Waals surface area (Å²) in [6, 6.07) is 11.4. The Morgan fingerprint density at radius 2 is 1.93 bits per heavy atom. The van der Waals surface area contributed by atoms with Crippen LogP contribution in [0.3, 0.4) is 0 Å². The van der Waals surface area contributed by atoms with Gasteiger partial charge in [0.2, 0.25) is 0 Å². The standard InChI is InChI=1S/C14H22Si/c1-4-5-6-10-13-15(2,3)14-11-8-7-9-12-14/h7-13H,4-6H2,1-3H3/b13-10+/i10D. The maximum Gasteiger partial charge on any atom is 0.103 e. The predicted molar refractivity (Wildman–Crippen MR) is 72.2 cm³/mol. The third kappa shape index (κ3) is 4.04. The molecule has 0 unspecified atom stereocenters. The van der Waals surface area contributed by atoms with Gasteiger partial charge in [0, 0.05) is 0 Å². The van der Waals surface area contributed by atoms with Crippen molar-refractivity contribution in [1.82, 2.24) is 0 Å². The number of hydrogen-bond donors (Lipinski definition) is 0. The highest BCUT2D eigenvalue weighted by Gasteiger charge is 2.18. The van der Waals surface area contributed by atoms with Crippen LogP contribution < -0.4 is 5.19 Å². The van der Waals surface area contributed by atoms with Gasteiger partial charge in [-0.1, -0.05) is 80.1 Å².